The predicted molar refractivity (Wildman–Crippen MR) is 90.4 cm³/mol. The van der Waals surface area contributed by atoms with Gasteiger partial charge >= 0.3 is 0 Å². The van der Waals surface area contributed by atoms with E-state index in [0.29, 0.717) is 13.1 Å². The quantitative estimate of drug-likeness (QED) is 0.726. The van der Waals surface area contributed by atoms with Crippen LogP contribution in [0, 0.1) is 0 Å². The van der Waals surface area contributed by atoms with Crippen molar-refractivity contribution in [3.63, 3.8) is 0 Å². The number of piperazine rings is 1. The summed E-state index contributed by atoms with van der Waals surface area (Å²) in [6, 6.07) is -0.0139. The first-order valence-corrected chi connectivity index (χ1v) is 7.95. The third-order valence-electron chi connectivity index (χ3n) is 3.44. The molecule has 9 heteroatoms. The molecule has 124 valence electrons. The molecule has 2 fully saturated rings. The van der Waals surface area contributed by atoms with E-state index in [4.69, 9.17) is 0 Å². The fraction of sp³-hybridized carbons (Fsp3) is 0.833. The van der Waals surface area contributed by atoms with Crippen LogP contribution < -0.4 is 10.6 Å². The highest BCUT2D eigenvalue weighted by molar-refractivity contribution is 7.99. The molecular formula is C12H24Cl2N4O2S. The lowest BCUT2D eigenvalue weighted by atomic mass is 10.2. The number of halogens is 2. The maximum absolute atomic E-state index is 12.2. The molecule has 0 spiro atoms. The molecule has 2 amide bonds. The van der Waals surface area contributed by atoms with Crippen LogP contribution in [0.2, 0.25) is 0 Å². The smallest absolute Gasteiger partial charge is 0.240 e. The molecule has 2 aliphatic rings. The van der Waals surface area contributed by atoms with E-state index in [1.807, 2.05) is 11.8 Å². The summed E-state index contributed by atoms with van der Waals surface area (Å²) in [5, 5.41) is 6.01. The molecule has 0 aromatic rings. The molecule has 21 heavy (non-hydrogen) atoms. The zero-order valence-corrected chi connectivity index (χ0v) is 14.6. The van der Waals surface area contributed by atoms with E-state index in [9.17, 15) is 9.59 Å². The molecule has 0 saturated carbocycles. The third-order valence-corrected chi connectivity index (χ3v) is 4.38. The summed E-state index contributed by atoms with van der Waals surface area (Å²) < 4.78 is 0. The lowest BCUT2D eigenvalue weighted by molar-refractivity contribution is -0.134. The van der Waals surface area contributed by atoms with Gasteiger partial charge < -0.3 is 10.2 Å². The fourth-order valence-electron chi connectivity index (χ4n) is 2.36. The van der Waals surface area contributed by atoms with E-state index in [1.165, 1.54) is 0 Å². The predicted octanol–water partition coefficient (Wildman–Crippen LogP) is -0.227. The molecule has 1 unspecified atom stereocenters. The molecule has 0 aromatic heterocycles. The number of thioether (sulfide) groups is 1. The van der Waals surface area contributed by atoms with E-state index in [2.05, 4.69) is 15.5 Å². The molecular weight excluding hydrogens is 335 g/mol. The second-order valence-electron chi connectivity index (χ2n) is 4.83. The van der Waals surface area contributed by atoms with E-state index in [1.54, 1.807) is 11.8 Å². The Labute approximate surface area is 142 Å². The lowest BCUT2D eigenvalue weighted by Crippen LogP contribution is -2.54. The maximum Gasteiger partial charge on any atom is 0.240 e. The number of carbonyl (C=O) groups excluding carboxylic acids is 2. The van der Waals surface area contributed by atoms with Gasteiger partial charge in [0.2, 0.25) is 11.8 Å². The van der Waals surface area contributed by atoms with Gasteiger partial charge in [0.05, 0.1) is 12.6 Å². The highest BCUT2D eigenvalue weighted by Crippen LogP contribution is 2.13. The van der Waals surface area contributed by atoms with Crippen LogP contribution in [0.4, 0.5) is 0 Å². The number of hydrogen-bond donors (Lipinski definition) is 2. The number of amides is 2. The first kappa shape index (κ1) is 20.8. The Balaban J connectivity index is 0.00000200. The highest BCUT2D eigenvalue weighted by atomic mass is 35.5. The zero-order valence-electron chi connectivity index (χ0n) is 12.2. The van der Waals surface area contributed by atoms with E-state index < -0.39 is 0 Å². The Morgan fingerprint density at radius 3 is 2.43 bits per heavy atom. The van der Waals surface area contributed by atoms with Gasteiger partial charge in [-0.25, -0.2) is 0 Å². The summed E-state index contributed by atoms with van der Waals surface area (Å²) in [5.41, 5.74) is 0. The number of rotatable bonds is 4. The molecule has 2 saturated heterocycles. The van der Waals surface area contributed by atoms with E-state index in [-0.39, 0.29) is 42.7 Å². The van der Waals surface area contributed by atoms with Gasteiger partial charge in [0.1, 0.15) is 0 Å². The molecule has 0 aliphatic carbocycles. The normalized spacial score (nSPS) is 22.1. The second-order valence-corrected chi connectivity index (χ2v) is 5.86. The van der Waals surface area contributed by atoms with Crippen LogP contribution in [0.5, 0.6) is 0 Å². The van der Waals surface area contributed by atoms with Crippen LogP contribution in [0.1, 0.15) is 6.92 Å². The van der Waals surface area contributed by atoms with Crippen molar-refractivity contribution in [2.75, 3.05) is 50.9 Å². The average Bonchev–Trinajstić information content (AvgIpc) is 2.93. The van der Waals surface area contributed by atoms with Crippen LogP contribution in [-0.4, -0.2) is 78.6 Å². The first-order valence-electron chi connectivity index (χ1n) is 6.79. The molecule has 2 heterocycles. The molecule has 2 N–H and O–H groups in total. The van der Waals surface area contributed by atoms with E-state index >= 15 is 0 Å². The summed E-state index contributed by atoms with van der Waals surface area (Å²) in [4.78, 5) is 27.7. The number of hydrogen-bond acceptors (Lipinski definition) is 5. The van der Waals surface area contributed by atoms with Crippen LogP contribution in [-0.2, 0) is 9.59 Å². The summed E-state index contributed by atoms with van der Waals surface area (Å²) >= 11 is 1.77. The first-order chi connectivity index (χ1) is 9.20. The van der Waals surface area contributed by atoms with Crippen LogP contribution in [0.3, 0.4) is 0 Å². The van der Waals surface area contributed by atoms with Crippen molar-refractivity contribution < 1.29 is 9.59 Å². The van der Waals surface area contributed by atoms with Crippen molar-refractivity contribution in [3.05, 3.63) is 0 Å². The Hall–Kier alpha value is -0.210. The van der Waals surface area contributed by atoms with Gasteiger partial charge in [0.15, 0.2) is 0 Å². The number of carbonyl (C=O) groups is 2. The minimum Gasteiger partial charge on any atom is -0.355 e. The minimum absolute atomic E-state index is 0. The highest BCUT2D eigenvalue weighted by Gasteiger charge is 2.29. The molecule has 1 atom stereocenters. The number of likely N-dealkylation sites (N-methyl/N-ethyl adjacent to an activating group) is 1. The Bertz CT molecular complexity index is 335. The molecule has 6 nitrogen and oxygen atoms in total. The molecule has 2 rings (SSSR count). The van der Waals surface area contributed by atoms with Crippen LogP contribution >= 0.6 is 36.6 Å². The van der Waals surface area contributed by atoms with Crippen LogP contribution in [0.15, 0.2) is 0 Å². The summed E-state index contributed by atoms with van der Waals surface area (Å²) in [7, 11) is 0. The fourth-order valence-corrected chi connectivity index (χ4v) is 3.29. The monoisotopic (exact) mass is 358 g/mol. The topological polar surface area (TPSA) is 64.7 Å². The average molecular weight is 359 g/mol. The number of nitrogens with zero attached hydrogens (tertiary/aromatic N) is 2. The van der Waals surface area contributed by atoms with Gasteiger partial charge in [-0.1, -0.05) is 0 Å². The van der Waals surface area contributed by atoms with Gasteiger partial charge in [-0.2, -0.15) is 0 Å². The SMILES string of the molecule is CCNC(=O)CN1CCN(C(=O)C2CSCN2)CC1.Cl.Cl. The van der Waals surface area contributed by atoms with Crippen molar-refractivity contribution in [1.29, 1.82) is 0 Å². The van der Waals surface area contributed by atoms with Gasteiger partial charge in [0, 0.05) is 44.4 Å². The zero-order chi connectivity index (χ0) is 13.7. The minimum atomic E-state index is -0.0139. The standard InChI is InChI=1S/C12H22N4O2S.2ClH/c1-2-13-11(17)7-15-3-5-16(6-4-15)12(18)10-8-19-9-14-10;;/h10,14H,2-9H2,1H3,(H,13,17);2*1H. The second kappa shape index (κ2) is 10.5. The van der Waals surface area contributed by atoms with Gasteiger partial charge in [-0.05, 0) is 6.92 Å². The lowest BCUT2D eigenvalue weighted by Gasteiger charge is -2.35. The van der Waals surface area contributed by atoms with Gasteiger partial charge in [-0.3, -0.25) is 19.8 Å². The van der Waals surface area contributed by atoms with Crippen molar-refractivity contribution in [1.82, 2.24) is 20.4 Å². The molecule has 0 bridgehead atoms. The Kier molecular flexibility index (Phi) is 10.4. The largest absolute Gasteiger partial charge is 0.355 e. The van der Waals surface area contributed by atoms with Crippen molar-refractivity contribution in [2.24, 2.45) is 0 Å². The summed E-state index contributed by atoms with van der Waals surface area (Å²) in [5.74, 6) is 2.02. The van der Waals surface area contributed by atoms with Gasteiger partial charge in [-0.15, -0.1) is 36.6 Å². The Morgan fingerprint density at radius 1 is 1.24 bits per heavy atom. The van der Waals surface area contributed by atoms with Crippen molar-refractivity contribution >= 4 is 48.4 Å². The van der Waals surface area contributed by atoms with Crippen molar-refractivity contribution in [2.45, 2.75) is 13.0 Å². The van der Waals surface area contributed by atoms with Crippen molar-refractivity contribution in [3.8, 4) is 0 Å². The molecule has 0 aromatic carbocycles. The summed E-state index contributed by atoms with van der Waals surface area (Å²) in [6.45, 7) is 6.03. The molecule has 0 radical (unpaired) electrons. The maximum atomic E-state index is 12.2. The van der Waals surface area contributed by atoms with Crippen LogP contribution in [0.25, 0.3) is 0 Å². The Morgan fingerprint density at radius 2 is 1.90 bits per heavy atom. The number of nitrogens with one attached hydrogen (secondary N) is 2. The third kappa shape index (κ3) is 6.20. The summed E-state index contributed by atoms with van der Waals surface area (Å²) in [6.07, 6.45) is 0. The van der Waals surface area contributed by atoms with E-state index in [0.717, 1.165) is 37.8 Å². The molecule has 2 aliphatic heterocycles. The van der Waals surface area contributed by atoms with Gasteiger partial charge in [0.25, 0.3) is 0 Å².